The number of benzene rings is 1. The molecule has 0 aromatic heterocycles. The number of carbonyl (C=O) groups excluding carboxylic acids is 1. The summed E-state index contributed by atoms with van der Waals surface area (Å²) in [6, 6.07) is 5.49. The van der Waals surface area contributed by atoms with Gasteiger partial charge in [-0.2, -0.15) is 4.99 Å². The van der Waals surface area contributed by atoms with Gasteiger partial charge < -0.3 is 14.4 Å². The van der Waals surface area contributed by atoms with Gasteiger partial charge in [0, 0.05) is 18.7 Å². The number of aliphatic imine (C=N–C) groups is 1. The third-order valence-electron chi connectivity index (χ3n) is 4.22. The number of amidine groups is 1. The van der Waals surface area contributed by atoms with Gasteiger partial charge in [0.25, 0.3) is 0 Å². The van der Waals surface area contributed by atoms with E-state index in [1.54, 1.807) is 0 Å². The molecule has 2 fully saturated rings. The van der Waals surface area contributed by atoms with Crippen LogP contribution in [0, 0.1) is 0 Å². The molecule has 7 nitrogen and oxygen atoms in total. The van der Waals surface area contributed by atoms with Crippen LogP contribution in [0.1, 0.15) is 12.5 Å². The third kappa shape index (κ3) is 2.86. The zero-order chi connectivity index (χ0) is 16.9. The average Bonchev–Trinajstić information content (AvgIpc) is 3.13. The molecule has 9 heteroatoms. The van der Waals surface area contributed by atoms with Gasteiger partial charge in [-0.05, 0) is 17.7 Å². The Morgan fingerprint density at radius 1 is 1.33 bits per heavy atom. The summed E-state index contributed by atoms with van der Waals surface area (Å²) in [5, 5.41) is 0.534. The van der Waals surface area contributed by atoms with Crippen LogP contribution in [0.25, 0.3) is 0 Å². The van der Waals surface area contributed by atoms with Crippen LogP contribution in [0.2, 0.25) is 0 Å². The Morgan fingerprint density at radius 2 is 2.12 bits per heavy atom. The molecule has 1 aromatic carbocycles. The molecule has 3 aliphatic rings. The number of sulfone groups is 1. The molecule has 3 aliphatic heterocycles. The Balaban J connectivity index is 1.63. The number of ether oxygens (including phenoxy) is 2. The van der Waals surface area contributed by atoms with Gasteiger partial charge in [0.2, 0.25) is 12.7 Å². The van der Waals surface area contributed by atoms with E-state index in [-0.39, 0.29) is 35.5 Å². The maximum atomic E-state index is 11.9. The molecular formula is C15H16N2O5S2. The summed E-state index contributed by atoms with van der Waals surface area (Å²) < 4.78 is 34.6. The lowest BCUT2D eigenvalue weighted by Gasteiger charge is -2.24. The van der Waals surface area contributed by atoms with Crippen molar-refractivity contribution in [1.29, 1.82) is 0 Å². The molecule has 0 spiro atoms. The van der Waals surface area contributed by atoms with E-state index in [2.05, 4.69) is 4.99 Å². The Hall–Kier alpha value is -1.74. The van der Waals surface area contributed by atoms with Crippen molar-refractivity contribution >= 4 is 32.7 Å². The topological polar surface area (TPSA) is 85.3 Å². The highest BCUT2D eigenvalue weighted by Gasteiger charge is 2.48. The van der Waals surface area contributed by atoms with Crippen molar-refractivity contribution in [2.75, 3.05) is 18.3 Å². The maximum Gasteiger partial charge on any atom is 0.244 e. The van der Waals surface area contributed by atoms with E-state index in [1.165, 1.54) is 18.7 Å². The summed E-state index contributed by atoms with van der Waals surface area (Å²) in [6.07, 6.45) is 0. The van der Waals surface area contributed by atoms with Gasteiger partial charge in [-0.25, -0.2) is 8.42 Å². The number of thioether (sulfide) groups is 1. The lowest BCUT2D eigenvalue weighted by Crippen LogP contribution is -2.37. The largest absolute Gasteiger partial charge is 0.454 e. The molecule has 1 amide bonds. The quantitative estimate of drug-likeness (QED) is 0.771. The van der Waals surface area contributed by atoms with Crippen LogP contribution in [-0.2, 0) is 21.2 Å². The number of hydrogen-bond donors (Lipinski definition) is 0. The second-order valence-electron chi connectivity index (χ2n) is 6.03. The first kappa shape index (κ1) is 15.8. The van der Waals surface area contributed by atoms with Crippen LogP contribution in [-0.4, -0.2) is 54.0 Å². The number of nitrogens with zero attached hydrogens (tertiary/aromatic N) is 2. The molecule has 0 N–H and O–H groups in total. The third-order valence-corrected chi connectivity index (χ3v) is 7.47. The van der Waals surface area contributed by atoms with Crippen LogP contribution >= 0.6 is 11.8 Å². The summed E-state index contributed by atoms with van der Waals surface area (Å²) in [7, 11) is -3.04. The van der Waals surface area contributed by atoms with Gasteiger partial charge in [0.1, 0.15) is 0 Å². The van der Waals surface area contributed by atoms with E-state index in [0.717, 1.165) is 5.56 Å². The molecule has 0 bridgehead atoms. The first-order valence-electron chi connectivity index (χ1n) is 7.53. The molecule has 0 unspecified atom stereocenters. The highest BCUT2D eigenvalue weighted by molar-refractivity contribution is 8.15. The summed E-state index contributed by atoms with van der Waals surface area (Å²) in [5.41, 5.74) is 0.959. The van der Waals surface area contributed by atoms with Crippen molar-refractivity contribution in [1.82, 2.24) is 4.90 Å². The Bertz CT molecular complexity index is 836. The van der Waals surface area contributed by atoms with Gasteiger partial charge in [0.15, 0.2) is 26.5 Å². The standard InChI is InChI=1S/C15H16N2O5S2/c1-9(18)16-15-17(11-6-24(19,20)7-14(11)23-15)5-10-2-3-12-13(4-10)22-8-21-12/h2-4,11,14H,5-8H2,1H3/t11-,14+/m1/s1. The van der Waals surface area contributed by atoms with Gasteiger partial charge in [-0.15, -0.1) is 0 Å². The van der Waals surface area contributed by atoms with E-state index in [9.17, 15) is 13.2 Å². The minimum Gasteiger partial charge on any atom is -0.454 e. The summed E-state index contributed by atoms with van der Waals surface area (Å²) in [6.45, 7) is 2.09. The fraction of sp³-hybridized carbons (Fsp3) is 0.467. The first-order valence-corrected chi connectivity index (χ1v) is 10.2. The van der Waals surface area contributed by atoms with E-state index in [1.807, 2.05) is 23.1 Å². The van der Waals surface area contributed by atoms with Gasteiger partial charge in [-0.1, -0.05) is 17.8 Å². The number of fused-ring (bicyclic) bond motifs is 2. The molecule has 128 valence electrons. The SMILES string of the molecule is CC(=O)N=C1S[C@H]2CS(=O)(=O)C[C@H]2N1Cc1ccc2c(c1)OCO2. The zero-order valence-electron chi connectivity index (χ0n) is 13.0. The monoisotopic (exact) mass is 368 g/mol. The highest BCUT2D eigenvalue weighted by Crippen LogP contribution is 2.40. The molecule has 2 saturated heterocycles. The second-order valence-corrected chi connectivity index (χ2v) is 9.39. The molecule has 1 aromatic rings. The smallest absolute Gasteiger partial charge is 0.244 e. The van der Waals surface area contributed by atoms with Crippen LogP contribution < -0.4 is 9.47 Å². The molecular weight excluding hydrogens is 352 g/mol. The fourth-order valence-electron chi connectivity index (χ4n) is 3.19. The van der Waals surface area contributed by atoms with Gasteiger partial charge in [0.05, 0.1) is 17.5 Å². The number of amides is 1. The van der Waals surface area contributed by atoms with Gasteiger partial charge in [-0.3, -0.25) is 4.79 Å². The Morgan fingerprint density at radius 3 is 2.92 bits per heavy atom. The minimum absolute atomic E-state index is 0.0675. The van der Waals surface area contributed by atoms with Gasteiger partial charge >= 0.3 is 0 Å². The number of rotatable bonds is 2. The van der Waals surface area contributed by atoms with E-state index < -0.39 is 9.84 Å². The summed E-state index contributed by atoms with van der Waals surface area (Å²) >= 11 is 1.38. The summed E-state index contributed by atoms with van der Waals surface area (Å²) in [5.74, 6) is 1.34. The van der Waals surface area contributed by atoms with E-state index >= 15 is 0 Å². The molecule has 24 heavy (non-hydrogen) atoms. The van der Waals surface area contributed by atoms with Crippen LogP contribution in [0.4, 0.5) is 0 Å². The predicted octanol–water partition coefficient (Wildman–Crippen LogP) is 1.03. The summed E-state index contributed by atoms with van der Waals surface area (Å²) in [4.78, 5) is 17.4. The minimum atomic E-state index is -3.04. The van der Waals surface area contributed by atoms with Crippen molar-refractivity contribution in [3.8, 4) is 11.5 Å². The molecule has 0 radical (unpaired) electrons. The Labute approximate surface area is 143 Å². The van der Waals surface area contributed by atoms with Crippen molar-refractivity contribution in [2.45, 2.75) is 24.8 Å². The predicted molar refractivity (Wildman–Crippen MR) is 90.0 cm³/mol. The zero-order valence-corrected chi connectivity index (χ0v) is 14.6. The number of hydrogen-bond acceptors (Lipinski definition) is 6. The van der Waals surface area contributed by atoms with Crippen LogP contribution in [0.5, 0.6) is 11.5 Å². The average molecular weight is 368 g/mol. The van der Waals surface area contributed by atoms with Crippen molar-refractivity contribution in [2.24, 2.45) is 4.99 Å². The lowest BCUT2D eigenvalue weighted by molar-refractivity contribution is -0.115. The van der Waals surface area contributed by atoms with Crippen molar-refractivity contribution in [3.05, 3.63) is 23.8 Å². The Kier molecular flexibility index (Phi) is 3.72. The lowest BCUT2D eigenvalue weighted by atomic mass is 10.1. The van der Waals surface area contributed by atoms with Crippen molar-refractivity contribution in [3.63, 3.8) is 0 Å². The number of carbonyl (C=O) groups is 1. The van der Waals surface area contributed by atoms with Crippen LogP contribution in [0.15, 0.2) is 23.2 Å². The molecule has 4 rings (SSSR count). The molecule has 2 atom stereocenters. The molecule has 0 aliphatic carbocycles. The molecule has 3 heterocycles. The maximum absolute atomic E-state index is 11.9. The van der Waals surface area contributed by atoms with E-state index in [4.69, 9.17) is 9.47 Å². The fourth-order valence-corrected chi connectivity index (χ4v) is 7.19. The second kappa shape index (κ2) is 5.66. The van der Waals surface area contributed by atoms with E-state index in [0.29, 0.717) is 23.2 Å². The van der Waals surface area contributed by atoms with Crippen LogP contribution in [0.3, 0.4) is 0 Å². The highest BCUT2D eigenvalue weighted by atomic mass is 32.2. The molecule has 0 saturated carbocycles. The van der Waals surface area contributed by atoms with Crippen molar-refractivity contribution < 1.29 is 22.7 Å². The normalized spacial score (nSPS) is 28.4. The first-order chi connectivity index (χ1) is 11.4.